The summed E-state index contributed by atoms with van der Waals surface area (Å²) in [6.45, 7) is 2.78. The number of nitrogens with zero attached hydrogens (tertiary/aromatic N) is 1. The van der Waals surface area contributed by atoms with Gasteiger partial charge in [0.2, 0.25) is 16.8 Å². The first kappa shape index (κ1) is 31.3. The molecule has 5 rings (SSSR count). The van der Waals surface area contributed by atoms with Gasteiger partial charge >= 0.3 is 0 Å². The van der Waals surface area contributed by atoms with Gasteiger partial charge in [-0.05, 0) is 107 Å². The molecule has 1 heterocycles. The van der Waals surface area contributed by atoms with E-state index >= 15 is 0 Å². The first-order valence-electron chi connectivity index (χ1n) is 13.7. The molecule has 4 aromatic rings. The zero-order valence-electron chi connectivity index (χ0n) is 23.7. The van der Waals surface area contributed by atoms with Gasteiger partial charge in [-0.3, -0.25) is 4.79 Å². The van der Waals surface area contributed by atoms with E-state index in [4.69, 9.17) is 18.9 Å². The number of hydrogen-bond acceptors (Lipinski definition) is 8. The van der Waals surface area contributed by atoms with Crippen molar-refractivity contribution in [1.82, 2.24) is 10.1 Å². The Hall–Kier alpha value is -4.14. The number of sulfonamides is 1. The molecule has 0 fully saturated rings. The lowest BCUT2D eigenvalue weighted by Gasteiger charge is -2.17. The van der Waals surface area contributed by atoms with Gasteiger partial charge < -0.3 is 18.9 Å². The average Bonchev–Trinajstić information content (AvgIpc) is 3.49. The van der Waals surface area contributed by atoms with E-state index in [0.29, 0.717) is 41.8 Å². The van der Waals surface area contributed by atoms with Crippen LogP contribution in [0, 0.1) is 3.57 Å². The van der Waals surface area contributed by atoms with E-state index in [1.165, 1.54) is 18.3 Å². The van der Waals surface area contributed by atoms with Gasteiger partial charge in [0.05, 0.1) is 17.7 Å². The van der Waals surface area contributed by atoms with Crippen LogP contribution in [0.4, 0.5) is 0 Å². The zero-order valence-corrected chi connectivity index (χ0v) is 26.7. The molecule has 228 valence electrons. The number of amides is 1. The van der Waals surface area contributed by atoms with E-state index in [9.17, 15) is 13.2 Å². The summed E-state index contributed by atoms with van der Waals surface area (Å²) in [5, 5.41) is 4.09. The largest absolute Gasteiger partial charge is 0.490 e. The molecule has 0 radical (unpaired) electrons. The lowest BCUT2D eigenvalue weighted by molar-refractivity contribution is -0.122. The number of nitrogens with one attached hydrogen (secondary N) is 2. The van der Waals surface area contributed by atoms with Crippen LogP contribution in [0.25, 0.3) is 0 Å². The van der Waals surface area contributed by atoms with Crippen LogP contribution in [0.2, 0.25) is 0 Å². The number of halogens is 1. The lowest BCUT2D eigenvalue weighted by Crippen LogP contribution is -2.46. The first-order valence-corrected chi connectivity index (χ1v) is 16.3. The summed E-state index contributed by atoms with van der Waals surface area (Å²) in [5.41, 5.74) is 4.82. The Bertz CT molecular complexity index is 1730. The van der Waals surface area contributed by atoms with E-state index in [2.05, 4.69) is 37.8 Å². The standard InChI is InChI=1S/C32H30IN3O7S/c1-2-40-30-17-23(8-14-28(30)41-20-24-9-15-29-31(18-24)43-21-42-29)19-34-35-32(37)27(16-22-6-4-3-5-7-22)36-44(38,39)26-12-10-25(33)11-13-26/h3-15,17-19,27,36H,2,16,20-21H2,1H3,(H,35,37)/b34-19-/t27-/m1/s1. The van der Waals surface area contributed by atoms with Gasteiger partial charge in [0.25, 0.3) is 5.91 Å². The molecule has 0 saturated heterocycles. The van der Waals surface area contributed by atoms with E-state index in [-0.39, 0.29) is 18.1 Å². The van der Waals surface area contributed by atoms with E-state index in [1.54, 1.807) is 30.3 Å². The molecule has 0 spiro atoms. The highest BCUT2D eigenvalue weighted by atomic mass is 127. The van der Waals surface area contributed by atoms with Crippen molar-refractivity contribution >= 4 is 44.7 Å². The average molecular weight is 728 g/mol. The fourth-order valence-electron chi connectivity index (χ4n) is 4.34. The maximum absolute atomic E-state index is 13.2. The van der Waals surface area contributed by atoms with Crippen LogP contribution in [0.15, 0.2) is 101 Å². The number of rotatable bonds is 13. The van der Waals surface area contributed by atoms with Gasteiger partial charge in [0, 0.05) is 3.57 Å². The normalized spacial score (nSPS) is 13.0. The molecule has 4 aromatic carbocycles. The molecule has 44 heavy (non-hydrogen) atoms. The van der Waals surface area contributed by atoms with Gasteiger partial charge in [-0.1, -0.05) is 36.4 Å². The molecule has 0 bridgehead atoms. The van der Waals surface area contributed by atoms with Gasteiger partial charge in [0.15, 0.2) is 23.0 Å². The minimum atomic E-state index is -3.97. The lowest BCUT2D eigenvalue weighted by atomic mass is 10.1. The first-order chi connectivity index (χ1) is 21.3. The molecule has 0 aliphatic carbocycles. The molecule has 0 saturated carbocycles. The molecule has 10 nitrogen and oxygen atoms in total. The van der Waals surface area contributed by atoms with Crippen LogP contribution in [0.1, 0.15) is 23.6 Å². The molecule has 12 heteroatoms. The Morgan fingerprint density at radius 1 is 0.932 bits per heavy atom. The van der Waals surface area contributed by atoms with Crippen molar-refractivity contribution in [3.63, 3.8) is 0 Å². The van der Waals surface area contributed by atoms with Crippen LogP contribution in [-0.4, -0.2) is 40.0 Å². The maximum atomic E-state index is 13.2. The summed E-state index contributed by atoms with van der Waals surface area (Å²) in [4.78, 5) is 13.3. The van der Waals surface area contributed by atoms with E-state index < -0.39 is 22.0 Å². The summed E-state index contributed by atoms with van der Waals surface area (Å²) >= 11 is 2.10. The third-order valence-electron chi connectivity index (χ3n) is 6.51. The number of carbonyl (C=O) groups excluding carboxylic acids is 1. The highest BCUT2D eigenvalue weighted by Crippen LogP contribution is 2.34. The number of hydrazone groups is 1. The van der Waals surface area contributed by atoms with Crippen LogP contribution in [0.5, 0.6) is 23.0 Å². The molecule has 0 unspecified atom stereocenters. The summed E-state index contributed by atoms with van der Waals surface area (Å²) in [6, 6.07) is 25.3. The predicted molar refractivity (Wildman–Crippen MR) is 174 cm³/mol. The van der Waals surface area contributed by atoms with E-state index in [0.717, 1.165) is 14.7 Å². The maximum Gasteiger partial charge on any atom is 0.258 e. The Kier molecular flexibility index (Phi) is 10.4. The smallest absolute Gasteiger partial charge is 0.258 e. The highest BCUT2D eigenvalue weighted by Gasteiger charge is 2.26. The van der Waals surface area contributed by atoms with Crippen LogP contribution in [-0.2, 0) is 27.8 Å². The Morgan fingerprint density at radius 3 is 2.48 bits per heavy atom. The van der Waals surface area contributed by atoms with Gasteiger partial charge in [-0.2, -0.15) is 9.82 Å². The molecule has 1 aliphatic rings. The van der Waals surface area contributed by atoms with Crippen molar-refractivity contribution < 1.29 is 32.2 Å². The molecule has 0 aromatic heterocycles. The molecular formula is C32H30IN3O7S. The third-order valence-corrected chi connectivity index (χ3v) is 8.71. The highest BCUT2D eigenvalue weighted by molar-refractivity contribution is 14.1. The number of ether oxygens (including phenoxy) is 4. The minimum absolute atomic E-state index is 0.0663. The van der Waals surface area contributed by atoms with E-state index in [1.807, 2.05) is 55.5 Å². The fraction of sp³-hybridized carbons (Fsp3) is 0.188. The number of carbonyl (C=O) groups is 1. The van der Waals surface area contributed by atoms with Crippen molar-refractivity contribution in [3.8, 4) is 23.0 Å². The predicted octanol–water partition coefficient (Wildman–Crippen LogP) is 5.04. The van der Waals surface area contributed by atoms with Crippen molar-refractivity contribution in [2.45, 2.75) is 30.9 Å². The molecule has 1 amide bonds. The second kappa shape index (κ2) is 14.6. The van der Waals surface area contributed by atoms with Crippen LogP contribution < -0.4 is 29.1 Å². The second-order valence-corrected chi connectivity index (χ2v) is 12.6. The van der Waals surface area contributed by atoms with Gasteiger partial charge in [-0.25, -0.2) is 13.8 Å². The monoisotopic (exact) mass is 727 g/mol. The molecule has 2 N–H and O–H groups in total. The van der Waals surface area contributed by atoms with Crippen LogP contribution in [0.3, 0.4) is 0 Å². The Morgan fingerprint density at radius 2 is 1.70 bits per heavy atom. The topological polar surface area (TPSA) is 125 Å². The number of hydrogen-bond donors (Lipinski definition) is 2. The van der Waals surface area contributed by atoms with Crippen molar-refractivity contribution in [1.29, 1.82) is 0 Å². The van der Waals surface area contributed by atoms with Gasteiger partial charge in [0.1, 0.15) is 12.6 Å². The van der Waals surface area contributed by atoms with Crippen LogP contribution >= 0.6 is 22.6 Å². The minimum Gasteiger partial charge on any atom is -0.490 e. The molecular weight excluding hydrogens is 697 g/mol. The number of benzene rings is 4. The van der Waals surface area contributed by atoms with Crippen molar-refractivity contribution in [2.75, 3.05) is 13.4 Å². The van der Waals surface area contributed by atoms with Crippen molar-refractivity contribution in [3.05, 3.63) is 111 Å². The molecule has 1 aliphatic heterocycles. The quantitative estimate of drug-likeness (QED) is 0.112. The summed E-state index contributed by atoms with van der Waals surface area (Å²) in [6.07, 6.45) is 1.59. The summed E-state index contributed by atoms with van der Waals surface area (Å²) in [5.74, 6) is 1.83. The zero-order chi connectivity index (χ0) is 30.9. The van der Waals surface area contributed by atoms with Gasteiger partial charge in [-0.15, -0.1) is 0 Å². The number of fused-ring (bicyclic) bond motifs is 1. The third kappa shape index (κ3) is 8.27. The molecule has 1 atom stereocenters. The fourth-order valence-corrected chi connectivity index (χ4v) is 5.89. The summed E-state index contributed by atoms with van der Waals surface area (Å²) in [7, 11) is -3.97. The SMILES string of the molecule is CCOc1cc(/C=N\NC(=O)[C@@H](Cc2ccccc2)NS(=O)(=O)c2ccc(I)cc2)ccc1OCc1ccc2c(c1)OCO2. The second-order valence-electron chi connectivity index (χ2n) is 9.67. The Labute approximate surface area is 269 Å². The Balaban J connectivity index is 1.26. The summed E-state index contributed by atoms with van der Waals surface area (Å²) < 4.78 is 52.2. The van der Waals surface area contributed by atoms with Crippen molar-refractivity contribution in [2.24, 2.45) is 5.10 Å².